The van der Waals surface area contributed by atoms with E-state index in [-0.39, 0.29) is 5.91 Å². The van der Waals surface area contributed by atoms with Gasteiger partial charge in [-0.25, -0.2) is 0 Å². The lowest BCUT2D eigenvalue weighted by molar-refractivity contribution is -0.129. The molecule has 0 bridgehead atoms. The minimum absolute atomic E-state index is 0.203. The topological polar surface area (TPSA) is 32.3 Å². The number of hydrogen-bond donors (Lipinski definition) is 1. The minimum atomic E-state index is 0.203. The predicted octanol–water partition coefficient (Wildman–Crippen LogP) is 2.41. The summed E-state index contributed by atoms with van der Waals surface area (Å²) in [6.45, 7) is 5.65. The molecule has 1 amide bonds. The van der Waals surface area contributed by atoms with E-state index in [1.54, 1.807) is 18.3 Å². The molecule has 1 unspecified atom stereocenters. The van der Waals surface area contributed by atoms with Gasteiger partial charge in [0.15, 0.2) is 0 Å². The Balaban J connectivity index is 1.80. The normalized spacial score (nSPS) is 19.3. The Morgan fingerprint density at radius 2 is 2.24 bits per heavy atom. The first-order valence-corrected chi connectivity index (χ1v) is 7.09. The summed E-state index contributed by atoms with van der Waals surface area (Å²) in [5.41, 5.74) is 0. The van der Waals surface area contributed by atoms with Crippen molar-refractivity contribution < 1.29 is 4.79 Å². The summed E-state index contributed by atoms with van der Waals surface area (Å²) in [4.78, 5) is 14.5. The number of carbonyl (C=O) groups is 1. The number of nitrogens with one attached hydrogen (secondary N) is 1. The van der Waals surface area contributed by atoms with Gasteiger partial charge in [0.2, 0.25) is 5.91 Å². The Labute approximate surface area is 107 Å². The van der Waals surface area contributed by atoms with E-state index in [0.29, 0.717) is 12.1 Å². The van der Waals surface area contributed by atoms with E-state index >= 15 is 0 Å². The van der Waals surface area contributed by atoms with Crippen molar-refractivity contribution in [2.45, 2.75) is 38.8 Å². The Morgan fingerprint density at radius 1 is 1.53 bits per heavy atom. The van der Waals surface area contributed by atoms with Crippen molar-refractivity contribution in [3.8, 4) is 0 Å². The van der Waals surface area contributed by atoms with E-state index in [2.05, 4.69) is 29.8 Å². The van der Waals surface area contributed by atoms with Crippen LogP contribution < -0.4 is 5.32 Å². The second-order valence-electron chi connectivity index (χ2n) is 4.68. The summed E-state index contributed by atoms with van der Waals surface area (Å²) >= 11 is 1.80. The van der Waals surface area contributed by atoms with E-state index in [1.807, 2.05) is 4.90 Å². The van der Waals surface area contributed by atoms with Crippen molar-refractivity contribution >= 4 is 17.2 Å². The molecule has 0 saturated carbocycles. The van der Waals surface area contributed by atoms with Gasteiger partial charge >= 0.3 is 0 Å². The van der Waals surface area contributed by atoms with Crippen LogP contribution in [0.1, 0.15) is 37.6 Å². The van der Waals surface area contributed by atoms with Crippen LogP contribution >= 0.6 is 11.3 Å². The van der Waals surface area contributed by atoms with Crippen LogP contribution in [0, 0.1) is 0 Å². The summed E-state index contributed by atoms with van der Waals surface area (Å²) in [5.74, 6) is 0.203. The third kappa shape index (κ3) is 3.30. The molecule has 0 aliphatic carbocycles. The maximum atomic E-state index is 11.2. The highest BCUT2D eigenvalue weighted by Gasteiger charge is 2.22. The average Bonchev–Trinajstić information content (AvgIpc) is 2.83. The van der Waals surface area contributed by atoms with E-state index < -0.39 is 0 Å². The van der Waals surface area contributed by atoms with Crippen LogP contribution in [0.15, 0.2) is 17.5 Å². The molecule has 0 spiro atoms. The molecule has 1 atom stereocenters. The minimum Gasteiger partial charge on any atom is -0.343 e. The molecule has 1 aliphatic heterocycles. The van der Waals surface area contributed by atoms with Crippen LogP contribution in [0.4, 0.5) is 0 Å². The first kappa shape index (κ1) is 12.6. The summed E-state index contributed by atoms with van der Waals surface area (Å²) in [6.07, 6.45) is 2.13. The van der Waals surface area contributed by atoms with Crippen LogP contribution in [-0.2, 0) is 4.79 Å². The van der Waals surface area contributed by atoms with E-state index in [0.717, 1.165) is 25.9 Å². The molecule has 1 aliphatic rings. The van der Waals surface area contributed by atoms with Crippen LogP contribution in [-0.4, -0.2) is 29.9 Å². The lowest BCUT2D eigenvalue weighted by Crippen LogP contribution is -2.44. The van der Waals surface area contributed by atoms with Gasteiger partial charge in [0.25, 0.3) is 0 Å². The lowest BCUT2D eigenvalue weighted by Gasteiger charge is -2.33. The monoisotopic (exact) mass is 252 g/mol. The maximum absolute atomic E-state index is 11.2. The fourth-order valence-electron chi connectivity index (χ4n) is 2.33. The summed E-state index contributed by atoms with van der Waals surface area (Å²) < 4.78 is 0. The Kier molecular flexibility index (Phi) is 4.18. The van der Waals surface area contributed by atoms with Crippen LogP contribution in [0.3, 0.4) is 0 Å². The van der Waals surface area contributed by atoms with Gasteiger partial charge in [-0.05, 0) is 31.2 Å². The average molecular weight is 252 g/mol. The fraction of sp³-hybridized carbons (Fsp3) is 0.615. The highest BCUT2D eigenvalue weighted by Crippen LogP contribution is 2.21. The number of carbonyl (C=O) groups excluding carboxylic acids is 1. The van der Waals surface area contributed by atoms with Gasteiger partial charge in [-0.2, -0.15) is 0 Å². The van der Waals surface area contributed by atoms with Crippen LogP contribution in [0.2, 0.25) is 0 Å². The SMILES string of the molecule is CC(=O)N1CCC(NC(C)c2cccs2)CC1. The van der Waals surface area contributed by atoms with Gasteiger partial charge in [-0.1, -0.05) is 6.07 Å². The lowest BCUT2D eigenvalue weighted by atomic mass is 10.0. The number of likely N-dealkylation sites (tertiary alicyclic amines) is 1. The standard InChI is InChI=1S/C13H20N2OS/c1-10(13-4-3-9-17-13)14-12-5-7-15(8-6-12)11(2)16/h3-4,9-10,12,14H,5-8H2,1-2H3. The zero-order chi connectivity index (χ0) is 12.3. The number of piperidine rings is 1. The predicted molar refractivity (Wildman–Crippen MR) is 71.1 cm³/mol. The summed E-state index contributed by atoms with van der Waals surface area (Å²) in [6, 6.07) is 5.23. The van der Waals surface area contributed by atoms with Gasteiger partial charge in [0, 0.05) is 37.0 Å². The summed E-state index contributed by atoms with van der Waals surface area (Å²) in [7, 11) is 0. The molecule has 4 heteroatoms. The van der Waals surface area contributed by atoms with Gasteiger partial charge in [0.1, 0.15) is 0 Å². The molecule has 94 valence electrons. The number of thiophene rings is 1. The smallest absolute Gasteiger partial charge is 0.219 e. The highest BCUT2D eigenvalue weighted by molar-refractivity contribution is 7.10. The number of nitrogens with zero attached hydrogens (tertiary/aromatic N) is 1. The molecule has 1 aromatic rings. The van der Waals surface area contributed by atoms with Crippen molar-refractivity contribution in [2.75, 3.05) is 13.1 Å². The van der Waals surface area contributed by atoms with E-state index in [1.165, 1.54) is 4.88 Å². The molecular weight excluding hydrogens is 232 g/mol. The molecule has 2 rings (SSSR count). The second kappa shape index (κ2) is 5.65. The van der Waals surface area contributed by atoms with E-state index in [9.17, 15) is 4.79 Å². The molecule has 1 fully saturated rings. The Morgan fingerprint density at radius 3 is 2.76 bits per heavy atom. The molecule has 1 aromatic heterocycles. The molecule has 0 radical (unpaired) electrons. The van der Waals surface area contributed by atoms with Crippen molar-refractivity contribution in [1.29, 1.82) is 0 Å². The number of hydrogen-bond acceptors (Lipinski definition) is 3. The fourth-order valence-corrected chi connectivity index (χ4v) is 3.08. The second-order valence-corrected chi connectivity index (χ2v) is 5.66. The van der Waals surface area contributed by atoms with Crippen LogP contribution in [0.5, 0.6) is 0 Å². The number of rotatable bonds is 3. The first-order chi connectivity index (χ1) is 8.16. The molecular formula is C13H20N2OS. The largest absolute Gasteiger partial charge is 0.343 e. The third-order valence-electron chi connectivity index (χ3n) is 3.40. The van der Waals surface area contributed by atoms with Crippen molar-refractivity contribution in [3.05, 3.63) is 22.4 Å². The quantitative estimate of drug-likeness (QED) is 0.896. The van der Waals surface area contributed by atoms with E-state index in [4.69, 9.17) is 0 Å². The summed E-state index contributed by atoms with van der Waals surface area (Å²) in [5, 5.41) is 5.77. The van der Waals surface area contributed by atoms with Crippen molar-refractivity contribution in [2.24, 2.45) is 0 Å². The molecule has 1 N–H and O–H groups in total. The molecule has 3 nitrogen and oxygen atoms in total. The van der Waals surface area contributed by atoms with Crippen molar-refractivity contribution in [1.82, 2.24) is 10.2 Å². The molecule has 2 heterocycles. The highest BCUT2D eigenvalue weighted by atomic mass is 32.1. The van der Waals surface area contributed by atoms with Gasteiger partial charge in [-0.15, -0.1) is 11.3 Å². The van der Waals surface area contributed by atoms with Gasteiger partial charge in [0.05, 0.1) is 0 Å². The number of amides is 1. The Hall–Kier alpha value is -0.870. The maximum Gasteiger partial charge on any atom is 0.219 e. The van der Waals surface area contributed by atoms with Gasteiger partial charge < -0.3 is 10.2 Å². The van der Waals surface area contributed by atoms with Crippen LogP contribution in [0.25, 0.3) is 0 Å². The molecule has 1 saturated heterocycles. The third-order valence-corrected chi connectivity index (χ3v) is 4.45. The Bertz CT molecular complexity index is 356. The van der Waals surface area contributed by atoms with Gasteiger partial charge in [-0.3, -0.25) is 4.79 Å². The zero-order valence-corrected chi connectivity index (χ0v) is 11.3. The first-order valence-electron chi connectivity index (χ1n) is 6.22. The van der Waals surface area contributed by atoms with Crippen molar-refractivity contribution in [3.63, 3.8) is 0 Å². The molecule has 17 heavy (non-hydrogen) atoms. The zero-order valence-electron chi connectivity index (χ0n) is 10.5. The molecule has 0 aromatic carbocycles.